The quantitative estimate of drug-likeness (QED) is 0.537. The number of aryl methyl sites for hydroxylation is 2. The van der Waals surface area contributed by atoms with E-state index < -0.39 is 0 Å². The average molecular weight is 451 g/mol. The molecule has 1 aliphatic rings. The topological polar surface area (TPSA) is 79.7 Å². The lowest BCUT2D eigenvalue weighted by Gasteiger charge is -2.36. The maximum Gasteiger partial charge on any atom is 0.252 e. The van der Waals surface area contributed by atoms with Gasteiger partial charge < -0.3 is 4.98 Å². The highest BCUT2D eigenvalue weighted by Crippen LogP contribution is 2.35. The van der Waals surface area contributed by atoms with E-state index in [2.05, 4.69) is 85.2 Å². The standard InChI is InChI=1S/C26H38N6O/c1-7-10-23(24-28-29-30-32(24)26(4,5)6)31(21-11-8-9-12-21)16-20-15-19-13-17(2)18(3)14-22(19)27-25(20)33/h13-15,21,23H,7-12,16H2,1-6H3,(H,27,33)/t23-/m0/s1. The Labute approximate surface area is 196 Å². The van der Waals surface area contributed by atoms with Gasteiger partial charge in [0.15, 0.2) is 5.82 Å². The summed E-state index contributed by atoms with van der Waals surface area (Å²) in [5.74, 6) is 0.903. The lowest BCUT2D eigenvalue weighted by Crippen LogP contribution is -2.40. The van der Waals surface area contributed by atoms with Gasteiger partial charge in [0.25, 0.3) is 5.56 Å². The number of rotatable bonds is 7. The van der Waals surface area contributed by atoms with Crippen LogP contribution in [-0.4, -0.2) is 36.1 Å². The van der Waals surface area contributed by atoms with Crippen LogP contribution in [-0.2, 0) is 12.1 Å². The molecule has 4 rings (SSSR count). The Morgan fingerprint density at radius 3 is 2.52 bits per heavy atom. The van der Waals surface area contributed by atoms with Crippen molar-refractivity contribution < 1.29 is 0 Å². The summed E-state index contributed by atoms with van der Waals surface area (Å²) in [5, 5.41) is 14.0. The molecule has 0 unspecified atom stereocenters. The van der Waals surface area contributed by atoms with Gasteiger partial charge in [-0.1, -0.05) is 26.2 Å². The first-order valence-electron chi connectivity index (χ1n) is 12.4. The molecule has 1 atom stereocenters. The fraction of sp³-hybridized carbons (Fsp3) is 0.615. The molecule has 0 amide bonds. The largest absolute Gasteiger partial charge is 0.322 e. The van der Waals surface area contributed by atoms with Crippen LogP contribution < -0.4 is 5.56 Å². The van der Waals surface area contributed by atoms with Crippen molar-refractivity contribution in [1.29, 1.82) is 0 Å². The first-order chi connectivity index (χ1) is 15.7. The Morgan fingerprint density at radius 1 is 1.15 bits per heavy atom. The van der Waals surface area contributed by atoms with Crippen LogP contribution in [0, 0.1) is 13.8 Å². The van der Waals surface area contributed by atoms with Gasteiger partial charge in [-0.05, 0) is 99.0 Å². The second-order valence-electron chi connectivity index (χ2n) is 10.7. The number of hydrogen-bond acceptors (Lipinski definition) is 5. The number of pyridine rings is 1. The zero-order chi connectivity index (χ0) is 23.8. The third-order valence-corrected chi connectivity index (χ3v) is 7.07. The molecule has 1 aromatic carbocycles. The molecule has 7 heteroatoms. The normalized spacial score (nSPS) is 16.2. The smallest absolute Gasteiger partial charge is 0.252 e. The Morgan fingerprint density at radius 2 is 1.85 bits per heavy atom. The fourth-order valence-corrected chi connectivity index (χ4v) is 5.16. The highest BCUT2D eigenvalue weighted by Gasteiger charge is 2.35. The fourth-order valence-electron chi connectivity index (χ4n) is 5.16. The zero-order valence-electron chi connectivity index (χ0n) is 21.0. The summed E-state index contributed by atoms with van der Waals surface area (Å²) in [6, 6.07) is 6.83. The lowest BCUT2D eigenvalue weighted by molar-refractivity contribution is 0.104. The van der Waals surface area contributed by atoms with E-state index in [1.54, 1.807) is 0 Å². The van der Waals surface area contributed by atoms with Crippen molar-refractivity contribution in [2.24, 2.45) is 0 Å². The van der Waals surface area contributed by atoms with Crippen molar-refractivity contribution in [2.45, 2.75) is 104 Å². The van der Waals surface area contributed by atoms with Gasteiger partial charge in [0, 0.05) is 23.7 Å². The van der Waals surface area contributed by atoms with Crippen molar-refractivity contribution in [1.82, 2.24) is 30.1 Å². The summed E-state index contributed by atoms with van der Waals surface area (Å²) >= 11 is 0. The number of nitrogens with one attached hydrogen (secondary N) is 1. The molecule has 1 saturated carbocycles. The summed E-state index contributed by atoms with van der Waals surface area (Å²) < 4.78 is 1.96. The highest BCUT2D eigenvalue weighted by molar-refractivity contribution is 5.80. The van der Waals surface area contributed by atoms with E-state index in [9.17, 15) is 4.79 Å². The number of tetrazole rings is 1. The summed E-state index contributed by atoms with van der Waals surface area (Å²) in [6.45, 7) is 13.4. The van der Waals surface area contributed by atoms with Crippen molar-refractivity contribution in [3.8, 4) is 0 Å². The first-order valence-corrected chi connectivity index (χ1v) is 12.4. The molecule has 2 aromatic heterocycles. The molecule has 3 aromatic rings. The van der Waals surface area contributed by atoms with Crippen LogP contribution in [0.15, 0.2) is 23.0 Å². The number of aromatic nitrogens is 5. The monoisotopic (exact) mass is 450 g/mol. The molecule has 0 spiro atoms. The van der Waals surface area contributed by atoms with Crippen molar-refractivity contribution in [3.05, 3.63) is 51.1 Å². The van der Waals surface area contributed by atoms with Crippen LogP contribution >= 0.6 is 0 Å². The number of nitrogens with zero attached hydrogens (tertiary/aromatic N) is 5. The van der Waals surface area contributed by atoms with E-state index in [-0.39, 0.29) is 17.1 Å². The molecule has 1 fully saturated rings. The lowest BCUT2D eigenvalue weighted by atomic mass is 10.0. The van der Waals surface area contributed by atoms with Crippen LogP contribution in [0.25, 0.3) is 10.9 Å². The minimum absolute atomic E-state index is 0.000545. The number of hydrogen-bond donors (Lipinski definition) is 1. The molecule has 33 heavy (non-hydrogen) atoms. The van der Waals surface area contributed by atoms with E-state index in [1.807, 2.05) is 4.68 Å². The Balaban J connectivity index is 1.78. The molecule has 1 N–H and O–H groups in total. The minimum atomic E-state index is -0.206. The third kappa shape index (κ3) is 4.88. The molecular formula is C26H38N6O. The molecule has 0 bridgehead atoms. The Kier molecular flexibility index (Phi) is 6.71. The van der Waals surface area contributed by atoms with Crippen LogP contribution in [0.5, 0.6) is 0 Å². The van der Waals surface area contributed by atoms with Crippen LogP contribution in [0.1, 0.15) is 94.8 Å². The van der Waals surface area contributed by atoms with E-state index >= 15 is 0 Å². The van der Waals surface area contributed by atoms with E-state index in [1.165, 1.54) is 24.0 Å². The number of benzene rings is 1. The van der Waals surface area contributed by atoms with Crippen LogP contribution in [0.2, 0.25) is 0 Å². The maximum atomic E-state index is 13.1. The average Bonchev–Trinajstić information content (AvgIpc) is 3.44. The number of fused-ring (bicyclic) bond motifs is 1. The van der Waals surface area contributed by atoms with Crippen LogP contribution in [0.3, 0.4) is 0 Å². The van der Waals surface area contributed by atoms with Gasteiger partial charge in [-0.2, -0.15) is 0 Å². The highest BCUT2D eigenvalue weighted by atomic mass is 16.1. The summed E-state index contributed by atoms with van der Waals surface area (Å²) in [7, 11) is 0. The molecule has 178 valence electrons. The van der Waals surface area contributed by atoms with Gasteiger partial charge in [0.2, 0.25) is 0 Å². The summed E-state index contributed by atoms with van der Waals surface area (Å²) in [6.07, 6.45) is 6.75. The van der Waals surface area contributed by atoms with E-state index in [0.29, 0.717) is 12.6 Å². The Hall–Kier alpha value is -2.54. The molecule has 0 aliphatic heterocycles. The summed E-state index contributed by atoms with van der Waals surface area (Å²) in [5.41, 5.74) is 3.94. The van der Waals surface area contributed by atoms with Crippen molar-refractivity contribution >= 4 is 10.9 Å². The minimum Gasteiger partial charge on any atom is -0.322 e. The first kappa shape index (κ1) is 23.6. The van der Waals surface area contributed by atoms with E-state index in [0.717, 1.165) is 48.0 Å². The van der Waals surface area contributed by atoms with Gasteiger partial charge in [0.1, 0.15) is 0 Å². The second-order valence-corrected chi connectivity index (χ2v) is 10.7. The molecule has 0 saturated heterocycles. The van der Waals surface area contributed by atoms with Gasteiger partial charge >= 0.3 is 0 Å². The van der Waals surface area contributed by atoms with Gasteiger partial charge in [0.05, 0.1) is 11.6 Å². The van der Waals surface area contributed by atoms with Gasteiger partial charge in [-0.3, -0.25) is 9.69 Å². The third-order valence-electron chi connectivity index (χ3n) is 7.07. The zero-order valence-corrected chi connectivity index (χ0v) is 21.0. The molecule has 1 aliphatic carbocycles. The van der Waals surface area contributed by atoms with E-state index in [4.69, 9.17) is 0 Å². The second kappa shape index (κ2) is 9.37. The van der Waals surface area contributed by atoms with Crippen LogP contribution in [0.4, 0.5) is 0 Å². The molecule has 2 heterocycles. The molecular weight excluding hydrogens is 412 g/mol. The number of H-pyrrole nitrogens is 1. The van der Waals surface area contributed by atoms with Gasteiger partial charge in [-0.15, -0.1) is 5.10 Å². The SMILES string of the molecule is CCC[C@@H](c1nnnn1C(C)(C)C)N(Cc1cc2cc(C)c(C)cc2[nH]c1=O)C1CCCC1. The van der Waals surface area contributed by atoms with Gasteiger partial charge in [-0.25, -0.2) is 4.68 Å². The summed E-state index contributed by atoms with van der Waals surface area (Å²) in [4.78, 5) is 18.8. The molecule has 7 nitrogen and oxygen atoms in total. The predicted molar refractivity (Wildman–Crippen MR) is 132 cm³/mol. The predicted octanol–water partition coefficient (Wildman–Crippen LogP) is 5.17. The molecule has 0 radical (unpaired) electrons. The van der Waals surface area contributed by atoms with Crippen molar-refractivity contribution in [3.63, 3.8) is 0 Å². The van der Waals surface area contributed by atoms with Crippen molar-refractivity contribution in [2.75, 3.05) is 0 Å². The Bertz CT molecular complexity index is 1170. The maximum absolute atomic E-state index is 13.1. The number of aromatic amines is 1.